The van der Waals surface area contributed by atoms with Crippen molar-refractivity contribution in [1.29, 1.82) is 0 Å². The molecule has 18 heavy (non-hydrogen) atoms. The van der Waals surface area contributed by atoms with Gasteiger partial charge in [0.05, 0.1) is 0 Å². The van der Waals surface area contributed by atoms with Crippen LogP contribution in [0.5, 0.6) is 0 Å². The molecular formula is C15H21Br2N. The summed E-state index contributed by atoms with van der Waals surface area (Å²) >= 11 is 7.20. The molecule has 1 aliphatic heterocycles. The van der Waals surface area contributed by atoms with Crippen LogP contribution in [0.2, 0.25) is 0 Å². The van der Waals surface area contributed by atoms with Crippen molar-refractivity contribution >= 4 is 37.5 Å². The summed E-state index contributed by atoms with van der Waals surface area (Å²) in [5.74, 6) is 0. The third-order valence-corrected chi connectivity index (χ3v) is 5.20. The van der Waals surface area contributed by atoms with E-state index in [1.54, 1.807) is 0 Å². The molecule has 2 rings (SSSR count). The third kappa shape index (κ3) is 3.30. The van der Waals surface area contributed by atoms with Gasteiger partial charge in [-0.2, -0.15) is 0 Å². The molecule has 0 aromatic heterocycles. The molecule has 1 unspecified atom stereocenters. The molecule has 0 radical (unpaired) electrons. The highest BCUT2D eigenvalue weighted by Crippen LogP contribution is 2.30. The molecular weight excluding hydrogens is 354 g/mol. The molecule has 1 nitrogen and oxygen atoms in total. The Balaban J connectivity index is 2.24. The van der Waals surface area contributed by atoms with Gasteiger partial charge >= 0.3 is 0 Å². The maximum atomic E-state index is 3.68. The van der Waals surface area contributed by atoms with Crippen molar-refractivity contribution in [3.8, 4) is 0 Å². The summed E-state index contributed by atoms with van der Waals surface area (Å²) in [6, 6.07) is 7.50. The van der Waals surface area contributed by atoms with Crippen molar-refractivity contribution in [2.45, 2.75) is 50.4 Å². The highest BCUT2D eigenvalue weighted by Gasteiger charge is 2.20. The van der Waals surface area contributed by atoms with Crippen LogP contribution >= 0.6 is 31.9 Å². The molecule has 0 bridgehead atoms. The van der Waals surface area contributed by atoms with E-state index in [2.05, 4.69) is 61.9 Å². The third-order valence-electron chi connectivity index (χ3n) is 3.86. The molecule has 1 atom stereocenters. The van der Waals surface area contributed by atoms with Gasteiger partial charge in [-0.25, -0.2) is 0 Å². The van der Waals surface area contributed by atoms with Crippen LogP contribution in [-0.4, -0.2) is 12.6 Å². The summed E-state index contributed by atoms with van der Waals surface area (Å²) in [7, 11) is 0. The first-order chi connectivity index (χ1) is 8.76. The van der Waals surface area contributed by atoms with Gasteiger partial charge in [-0.3, -0.25) is 0 Å². The van der Waals surface area contributed by atoms with E-state index in [4.69, 9.17) is 0 Å². The lowest BCUT2D eigenvalue weighted by Crippen LogP contribution is -2.34. The molecule has 0 spiro atoms. The number of rotatable bonds is 3. The zero-order valence-electron chi connectivity index (χ0n) is 11.0. The van der Waals surface area contributed by atoms with Crippen molar-refractivity contribution in [3.05, 3.63) is 28.2 Å². The maximum absolute atomic E-state index is 3.68. The summed E-state index contributed by atoms with van der Waals surface area (Å²) in [5.41, 5.74) is 2.70. The first-order valence-corrected chi connectivity index (χ1v) is 8.78. The summed E-state index contributed by atoms with van der Waals surface area (Å²) in [5, 5.41) is 0.908. The van der Waals surface area contributed by atoms with E-state index >= 15 is 0 Å². The Morgan fingerprint density at radius 3 is 2.78 bits per heavy atom. The van der Waals surface area contributed by atoms with E-state index < -0.39 is 0 Å². The number of halogens is 2. The first kappa shape index (κ1) is 14.4. The highest BCUT2D eigenvalue weighted by atomic mass is 79.9. The Bertz CT molecular complexity index is 392. The number of alkyl halides is 1. The van der Waals surface area contributed by atoms with Gasteiger partial charge in [-0.1, -0.05) is 57.7 Å². The summed E-state index contributed by atoms with van der Waals surface area (Å²) in [6.07, 6.45) is 6.68. The molecule has 0 amide bonds. The molecule has 0 saturated carbocycles. The van der Waals surface area contributed by atoms with Crippen molar-refractivity contribution in [3.63, 3.8) is 0 Å². The van der Waals surface area contributed by atoms with E-state index in [1.807, 2.05) is 0 Å². The van der Waals surface area contributed by atoms with Gasteiger partial charge in [0, 0.05) is 28.1 Å². The molecule has 1 aromatic rings. The topological polar surface area (TPSA) is 3.24 Å². The van der Waals surface area contributed by atoms with Gasteiger partial charge in [0.15, 0.2) is 0 Å². The smallest absolute Gasteiger partial charge is 0.0380 e. The van der Waals surface area contributed by atoms with Crippen LogP contribution < -0.4 is 4.90 Å². The van der Waals surface area contributed by atoms with Crippen molar-refractivity contribution in [2.75, 3.05) is 11.4 Å². The van der Waals surface area contributed by atoms with E-state index in [-0.39, 0.29) is 0 Å². The van der Waals surface area contributed by atoms with E-state index in [0.717, 1.165) is 5.33 Å². The largest absolute Gasteiger partial charge is 0.369 e. The molecule has 0 aliphatic carbocycles. The monoisotopic (exact) mass is 373 g/mol. The van der Waals surface area contributed by atoms with Gasteiger partial charge in [0.2, 0.25) is 0 Å². The van der Waals surface area contributed by atoms with Gasteiger partial charge in [-0.05, 0) is 37.0 Å². The Labute approximate surface area is 127 Å². The van der Waals surface area contributed by atoms with Crippen LogP contribution in [0.3, 0.4) is 0 Å². The van der Waals surface area contributed by atoms with Crippen molar-refractivity contribution in [2.24, 2.45) is 0 Å². The number of hydrogen-bond acceptors (Lipinski definition) is 1. The summed E-state index contributed by atoms with van der Waals surface area (Å²) < 4.78 is 1.22. The predicted octanol–water partition coefficient (Wildman–Crippen LogP) is 5.50. The van der Waals surface area contributed by atoms with Gasteiger partial charge in [-0.15, -0.1) is 0 Å². The van der Waals surface area contributed by atoms with Crippen molar-refractivity contribution < 1.29 is 0 Å². The summed E-state index contributed by atoms with van der Waals surface area (Å²) in [6.45, 7) is 3.52. The predicted molar refractivity (Wildman–Crippen MR) is 86.7 cm³/mol. The van der Waals surface area contributed by atoms with Gasteiger partial charge in [0.25, 0.3) is 0 Å². The maximum Gasteiger partial charge on any atom is 0.0380 e. The second kappa shape index (κ2) is 6.95. The van der Waals surface area contributed by atoms with Crippen LogP contribution in [0.1, 0.15) is 44.6 Å². The lowest BCUT2D eigenvalue weighted by Gasteiger charge is -2.32. The fourth-order valence-corrected chi connectivity index (χ4v) is 4.14. The van der Waals surface area contributed by atoms with Crippen LogP contribution in [0.4, 0.5) is 5.69 Å². The van der Waals surface area contributed by atoms with Gasteiger partial charge in [0.1, 0.15) is 0 Å². The second-order valence-electron chi connectivity index (χ2n) is 5.01. The molecule has 3 heteroatoms. The minimum absolute atomic E-state index is 0.717. The lowest BCUT2D eigenvalue weighted by molar-refractivity contribution is 0.556. The molecule has 1 aliphatic rings. The van der Waals surface area contributed by atoms with Crippen LogP contribution in [-0.2, 0) is 5.33 Å². The fourth-order valence-electron chi connectivity index (χ4n) is 2.76. The second-order valence-corrected chi connectivity index (χ2v) is 6.43. The van der Waals surface area contributed by atoms with Gasteiger partial charge < -0.3 is 4.90 Å². The lowest BCUT2D eigenvalue weighted by atomic mass is 10.1. The highest BCUT2D eigenvalue weighted by molar-refractivity contribution is 9.10. The number of anilines is 1. The average Bonchev–Trinajstić information content (AvgIpc) is 2.63. The Hall–Kier alpha value is -0.0200. The number of nitrogens with zero attached hydrogens (tertiary/aromatic N) is 1. The Kier molecular flexibility index (Phi) is 5.56. The molecule has 1 aromatic carbocycles. The molecule has 0 N–H and O–H groups in total. The zero-order valence-corrected chi connectivity index (χ0v) is 14.1. The molecule has 1 fully saturated rings. The number of benzene rings is 1. The Morgan fingerprint density at radius 1 is 1.28 bits per heavy atom. The normalized spacial score (nSPS) is 20.8. The summed E-state index contributed by atoms with van der Waals surface area (Å²) in [4.78, 5) is 2.61. The minimum Gasteiger partial charge on any atom is -0.369 e. The first-order valence-electron chi connectivity index (χ1n) is 6.87. The average molecular weight is 375 g/mol. The molecule has 1 heterocycles. The minimum atomic E-state index is 0.717. The van der Waals surface area contributed by atoms with Crippen molar-refractivity contribution in [1.82, 2.24) is 0 Å². The van der Waals surface area contributed by atoms with E-state index in [1.165, 1.54) is 54.4 Å². The Morgan fingerprint density at radius 2 is 2.11 bits per heavy atom. The fraction of sp³-hybridized carbons (Fsp3) is 0.600. The molecule has 100 valence electrons. The van der Waals surface area contributed by atoms with Crippen LogP contribution in [0, 0.1) is 0 Å². The SMILES string of the molecule is CCC1CCCCCN1c1ccc(CBr)c(Br)c1. The standard InChI is InChI=1S/C15H21Br2N/c1-2-13-6-4-3-5-9-18(13)14-8-7-12(11-16)15(17)10-14/h7-8,10,13H,2-6,9,11H2,1H3. The van der Waals surface area contributed by atoms with E-state index in [9.17, 15) is 0 Å². The van der Waals surface area contributed by atoms with Crippen LogP contribution in [0.15, 0.2) is 22.7 Å². The molecule has 1 saturated heterocycles. The van der Waals surface area contributed by atoms with Crippen LogP contribution in [0.25, 0.3) is 0 Å². The van der Waals surface area contributed by atoms with E-state index in [0.29, 0.717) is 6.04 Å². The zero-order chi connectivity index (χ0) is 13.0. The number of hydrogen-bond donors (Lipinski definition) is 0. The quantitative estimate of drug-likeness (QED) is 0.631.